The second-order valence-electron chi connectivity index (χ2n) is 6.34. The van der Waals surface area contributed by atoms with Crippen LogP contribution in [0.5, 0.6) is 0 Å². The number of rotatable bonds is 8. The highest BCUT2D eigenvalue weighted by atomic mass is 32.2. The summed E-state index contributed by atoms with van der Waals surface area (Å²) < 4.78 is 0. The number of aromatic nitrogens is 1. The monoisotopic (exact) mass is 389 g/mol. The second kappa shape index (κ2) is 9.19. The first kappa shape index (κ1) is 18.9. The van der Waals surface area contributed by atoms with Gasteiger partial charge in [-0.1, -0.05) is 29.8 Å². The van der Waals surface area contributed by atoms with Gasteiger partial charge in [0.1, 0.15) is 0 Å². The summed E-state index contributed by atoms with van der Waals surface area (Å²) in [6, 6.07) is 8.53. The van der Waals surface area contributed by atoms with Gasteiger partial charge in [-0.25, -0.2) is 4.98 Å². The van der Waals surface area contributed by atoms with Crippen molar-refractivity contribution in [1.29, 1.82) is 0 Å². The van der Waals surface area contributed by atoms with Gasteiger partial charge in [-0.3, -0.25) is 14.5 Å². The van der Waals surface area contributed by atoms with E-state index >= 15 is 0 Å². The minimum absolute atomic E-state index is 0.0227. The quantitative estimate of drug-likeness (QED) is 0.705. The Kier molecular flexibility index (Phi) is 6.68. The molecule has 1 saturated heterocycles. The van der Waals surface area contributed by atoms with E-state index in [1.54, 1.807) is 4.90 Å². The highest BCUT2D eigenvalue weighted by Crippen LogP contribution is 2.25. The van der Waals surface area contributed by atoms with Crippen LogP contribution in [0.15, 0.2) is 29.6 Å². The molecular formula is C19H23N3O2S2. The van der Waals surface area contributed by atoms with Crippen molar-refractivity contribution in [1.82, 2.24) is 10.3 Å². The molecule has 26 heavy (non-hydrogen) atoms. The largest absolute Gasteiger partial charge is 0.355 e. The van der Waals surface area contributed by atoms with Gasteiger partial charge in [-0.15, -0.1) is 11.3 Å². The number of thioether (sulfide) groups is 1. The van der Waals surface area contributed by atoms with E-state index in [9.17, 15) is 9.59 Å². The summed E-state index contributed by atoms with van der Waals surface area (Å²) in [6.45, 7) is 3.47. The highest BCUT2D eigenvalue weighted by molar-refractivity contribution is 7.98. The maximum Gasteiger partial charge on any atom is 0.228 e. The first-order valence-corrected chi connectivity index (χ1v) is 10.8. The molecule has 1 N–H and O–H groups in total. The third kappa shape index (κ3) is 5.32. The lowest BCUT2D eigenvalue weighted by atomic mass is 10.2. The molecule has 0 bridgehead atoms. The minimum atomic E-state index is -0.0227. The number of hydrogen-bond acceptors (Lipinski definition) is 5. The van der Waals surface area contributed by atoms with Gasteiger partial charge < -0.3 is 5.32 Å². The van der Waals surface area contributed by atoms with Crippen molar-refractivity contribution >= 4 is 40.0 Å². The topological polar surface area (TPSA) is 62.3 Å². The van der Waals surface area contributed by atoms with Crippen molar-refractivity contribution in [3.05, 3.63) is 46.5 Å². The Morgan fingerprint density at radius 3 is 2.88 bits per heavy atom. The third-order valence-electron chi connectivity index (χ3n) is 4.14. The number of anilines is 1. The number of carbonyl (C=O) groups is 2. The van der Waals surface area contributed by atoms with E-state index in [0.717, 1.165) is 30.2 Å². The second-order valence-corrected chi connectivity index (χ2v) is 8.28. The van der Waals surface area contributed by atoms with Gasteiger partial charge in [-0.05, 0) is 18.9 Å². The molecule has 1 aliphatic rings. The number of nitrogens with zero attached hydrogens (tertiary/aromatic N) is 2. The first-order valence-electron chi connectivity index (χ1n) is 8.76. The van der Waals surface area contributed by atoms with E-state index < -0.39 is 0 Å². The van der Waals surface area contributed by atoms with E-state index in [-0.39, 0.29) is 18.2 Å². The molecule has 1 fully saturated rings. The van der Waals surface area contributed by atoms with Crippen LogP contribution in [0.3, 0.4) is 0 Å². The summed E-state index contributed by atoms with van der Waals surface area (Å²) >= 11 is 3.24. The fourth-order valence-corrected chi connectivity index (χ4v) is 4.40. The van der Waals surface area contributed by atoms with Gasteiger partial charge >= 0.3 is 0 Å². The Balaban J connectivity index is 1.34. The zero-order valence-corrected chi connectivity index (χ0v) is 16.5. The molecule has 2 aromatic rings. The zero-order chi connectivity index (χ0) is 18.4. The summed E-state index contributed by atoms with van der Waals surface area (Å²) in [5.41, 5.74) is 3.30. The average molecular weight is 390 g/mol. The maximum atomic E-state index is 12.0. The van der Waals surface area contributed by atoms with Crippen molar-refractivity contribution in [3.8, 4) is 0 Å². The summed E-state index contributed by atoms with van der Waals surface area (Å²) in [7, 11) is 0. The molecule has 1 aromatic carbocycles. The van der Waals surface area contributed by atoms with Gasteiger partial charge in [0.15, 0.2) is 5.13 Å². The van der Waals surface area contributed by atoms with Gasteiger partial charge in [-0.2, -0.15) is 11.8 Å². The molecule has 2 heterocycles. The summed E-state index contributed by atoms with van der Waals surface area (Å²) in [4.78, 5) is 29.9. The highest BCUT2D eigenvalue weighted by Gasteiger charge is 2.24. The number of benzene rings is 1. The lowest BCUT2D eigenvalue weighted by Gasteiger charge is -2.10. The van der Waals surface area contributed by atoms with Gasteiger partial charge in [0, 0.05) is 36.4 Å². The molecule has 0 saturated carbocycles. The molecular weight excluding hydrogens is 366 g/mol. The van der Waals surface area contributed by atoms with Crippen molar-refractivity contribution in [3.63, 3.8) is 0 Å². The number of carbonyl (C=O) groups excluding carboxylic acids is 2. The van der Waals surface area contributed by atoms with Crippen LogP contribution in [-0.4, -0.2) is 35.6 Å². The molecule has 2 amide bonds. The number of thiazole rings is 1. The van der Waals surface area contributed by atoms with E-state index in [1.807, 2.05) is 17.1 Å². The van der Waals surface area contributed by atoms with Crippen LogP contribution in [0.4, 0.5) is 5.13 Å². The number of aryl methyl sites for hydroxylation is 1. The van der Waals surface area contributed by atoms with Crippen LogP contribution in [0, 0.1) is 6.92 Å². The number of amides is 2. The molecule has 1 aromatic heterocycles. The van der Waals surface area contributed by atoms with Crippen LogP contribution < -0.4 is 10.2 Å². The lowest BCUT2D eigenvalue weighted by Crippen LogP contribution is -2.27. The van der Waals surface area contributed by atoms with Crippen LogP contribution in [0.2, 0.25) is 0 Å². The first-order chi connectivity index (χ1) is 12.6. The maximum absolute atomic E-state index is 12.0. The molecule has 0 spiro atoms. The standard InChI is InChI=1S/C19H23N3O2S2/c1-14-4-6-15(7-5-14)12-25-10-8-20-17(23)11-16-13-26-19(21-16)22-9-2-3-18(22)24/h4-7,13H,2-3,8-12H2,1H3,(H,20,23). The SMILES string of the molecule is Cc1ccc(CSCCNC(=O)Cc2csc(N3CCCC3=O)n2)cc1. The number of hydrogen-bond donors (Lipinski definition) is 1. The van der Waals surface area contributed by atoms with Crippen LogP contribution >= 0.6 is 23.1 Å². The Morgan fingerprint density at radius 1 is 1.35 bits per heavy atom. The van der Waals surface area contributed by atoms with Crippen molar-refractivity contribution in [2.24, 2.45) is 0 Å². The van der Waals surface area contributed by atoms with E-state index in [2.05, 4.69) is 41.5 Å². The minimum Gasteiger partial charge on any atom is -0.355 e. The zero-order valence-electron chi connectivity index (χ0n) is 14.9. The fourth-order valence-electron chi connectivity index (χ4n) is 2.72. The Labute approximate surface area is 162 Å². The summed E-state index contributed by atoms with van der Waals surface area (Å²) in [5.74, 6) is 1.94. The fraction of sp³-hybridized carbons (Fsp3) is 0.421. The third-order valence-corrected chi connectivity index (χ3v) is 6.09. The molecule has 0 atom stereocenters. The van der Waals surface area contributed by atoms with Gasteiger partial charge in [0.25, 0.3) is 0 Å². The lowest BCUT2D eigenvalue weighted by molar-refractivity contribution is -0.120. The Hall–Kier alpha value is -1.86. The summed E-state index contributed by atoms with van der Waals surface area (Å²) in [6.07, 6.45) is 1.74. The molecule has 0 unspecified atom stereocenters. The Morgan fingerprint density at radius 2 is 2.15 bits per heavy atom. The number of nitrogens with one attached hydrogen (secondary N) is 1. The Bertz CT molecular complexity index is 758. The molecule has 0 aliphatic carbocycles. The van der Waals surface area contributed by atoms with Gasteiger partial charge in [0.2, 0.25) is 11.8 Å². The van der Waals surface area contributed by atoms with Crippen LogP contribution in [0.25, 0.3) is 0 Å². The predicted molar refractivity (Wildman–Crippen MR) is 108 cm³/mol. The smallest absolute Gasteiger partial charge is 0.228 e. The molecule has 1 aliphatic heterocycles. The normalized spacial score (nSPS) is 14.0. The van der Waals surface area contributed by atoms with Gasteiger partial charge in [0.05, 0.1) is 12.1 Å². The predicted octanol–water partition coefficient (Wildman–Crippen LogP) is 3.17. The van der Waals surface area contributed by atoms with E-state index in [4.69, 9.17) is 0 Å². The average Bonchev–Trinajstić information content (AvgIpc) is 3.25. The van der Waals surface area contributed by atoms with E-state index in [1.165, 1.54) is 22.5 Å². The van der Waals surface area contributed by atoms with Crippen molar-refractivity contribution < 1.29 is 9.59 Å². The van der Waals surface area contributed by atoms with Crippen LogP contribution in [-0.2, 0) is 21.8 Å². The van der Waals surface area contributed by atoms with Crippen molar-refractivity contribution in [2.45, 2.75) is 31.9 Å². The van der Waals surface area contributed by atoms with Crippen molar-refractivity contribution in [2.75, 3.05) is 23.7 Å². The molecule has 7 heteroatoms. The molecule has 138 valence electrons. The van der Waals surface area contributed by atoms with E-state index in [0.29, 0.717) is 18.1 Å². The molecule has 0 radical (unpaired) electrons. The summed E-state index contributed by atoms with van der Waals surface area (Å²) in [5, 5.41) is 5.52. The molecule has 5 nitrogen and oxygen atoms in total. The molecule has 3 rings (SSSR count). The van der Waals surface area contributed by atoms with Crippen LogP contribution in [0.1, 0.15) is 29.7 Å².